The van der Waals surface area contributed by atoms with Crippen molar-refractivity contribution in [2.75, 3.05) is 17.1 Å². The number of sulfonamides is 1. The van der Waals surface area contributed by atoms with Crippen molar-refractivity contribution in [2.24, 2.45) is 0 Å². The van der Waals surface area contributed by atoms with E-state index in [1.807, 2.05) is 51.1 Å². The number of nitrogens with zero attached hydrogens (tertiary/aromatic N) is 2. The van der Waals surface area contributed by atoms with Crippen LogP contribution in [0.15, 0.2) is 78.9 Å². The van der Waals surface area contributed by atoms with Crippen LogP contribution in [-0.4, -0.2) is 49.5 Å². The van der Waals surface area contributed by atoms with Crippen LogP contribution in [0.5, 0.6) is 0 Å². The van der Waals surface area contributed by atoms with Gasteiger partial charge < -0.3 is 10.2 Å². The molecule has 1 unspecified atom stereocenters. The first-order valence-electron chi connectivity index (χ1n) is 12.4. The van der Waals surface area contributed by atoms with Crippen molar-refractivity contribution < 1.29 is 18.0 Å². The highest BCUT2D eigenvalue weighted by Crippen LogP contribution is 2.24. The average molecular weight is 591 g/mol. The number of hydrogen-bond donors (Lipinski definition) is 1. The van der Waals surface area contributed by atoms with E-state index in [4.69, 9.17) is 23.2 Å². The molecule has 0 aliphatic carbocycles. The van der Waals surface area contributed by atoms with Gasteiger partial charge in [-0.15, -0.1) is 0 Å². The fourth-order valence-corrected chi connectivity index (χ4v) is 5.21. The van der Waals surface area contributed by atoms with Gasteiger partial charge in [0.25, 0.3) is 0 Å². The normalized spacial score (nSPS) is 12.5. The number of anilines is 1. The number of nitrogens with one attached hydrogen (secondary N) is 1. The second-order valence-electron chi connectivity index (χ2n) is 10.3. The highest BCUT2D eigenvalue weighted by Gasteiger charge is 2.34. The van der Waals surface area contributed by atoms with E-state index >= 15 is 0 Å². The maximum atomic E-state index is 14.0. The molecule has 1 N–H and O–H groups in total. The molecule has 10 heteroatoms. The number of amides is 2. The fourth-order valence-electron chi connectivity index (χ4n) is 4.04. The zero-order valence-electron chi connectivity index (χ0n) is 22.4. The molecule has 2 amide bonds. The van der Waals surface area contributed by atoms with E-state index in [0.717, 1.165) is 16.1 Å². The van der Waals surface area contributed by atoms with E-state index in [2.05, 4.69) is 5.32 Å². The Labute approximate surface area is 240 Å². The standard InChI is InChI=1S/C29H33Cl2N3O4S/c1-29(2,3)32-28(36)26(18-21-10-6-5-7-11-21)33(19-22-12-8-9-13-25(22)31)27(35)20-34(39(4,37)38)24-16-14-23(30)15-17-24/h5-17,26H,18-20H2,1-4H3,(H,32,36). The van der Waals surface area contributed by atoms with Crippen LogP contribution in [0.25, 0.3) is 0 Å². The third-order valence-electron chi connectivity index (χ3n) is 5.86. The van der Waals surface area contributed by atoms with Crippen molar-refractivity contribution in [3.8, 4) is 0 Å². The molecule has 0 aliphatic rings. The molecule has 0 fully saturated rings. The quantitative estimate of drug-likeness (QED) is 0.347. The van der Waals surface area contributed by atoms with Crippen molar-refractivity contribution in [2.45, 2.75) is 45.3 Å². The van der Waals surface area contributed by atoms with Crippen LogP contribution in [0.4, 0.5) is 5.69 Å². The minimum atomic E-state index is -3.86. The van der Waals surface area contributed by atoms with Crippen molar-refractivity contribution in [1.29, 1.82) is 0 Å². The lowest BCUT2D eigenvalue weighted by Crippen LogP contribution is -2.56. The van der Waals surface area contributed by atoms with Crippen molar-refractivity contribution >= 4 is 50.7 Å². The van der Waals surface area contributed by atoms with E-state index in [0.29, 0.717) is 15.6 Å². The molecule has 3 aromatic rings. The zero-order chi connectivity index (χ0) is 28.8. The average Bonchev–Trinajstić information content (AvgIpc) is 2.85. The smallest absolute Gasteiger partial charge is 0.244 e. The summed E-state index contributed by atoms with van der Waals surface area (Å²) in [6.07, 6.45) is 1.25. The molecule has 3 aromatic carbocycles. The number of benzene rings is 3. The molecule has 0 radical (unpaired) electrons. The first kappa shape index (κ1) is 30.5. The summed E-state index contributed by atoms with van der Waals surface area (Å²) in [5.74, 6) is -0.913. The van der Waals surface area contributed by atoms with Gasteiger partial charge in [-0.25, -0.2) is 8.42 Å². The first-order chi connectivity index (χ1) is 18.2. The van der Waals surface area contributed by atoms with Gasteiger partial charge in [-0.1, -0.05) is 71.7 Å². The fraction of sp³-hybridized carbons (Fsp3) is 0.310. The molecule has 0 saturated carbocycles. The molecular formula is C29H33Cl2N3O4S. The molecule has 0 aromatic heterocycles. The molecular weight excluding hydrogens is 557 g/mol. The Morgan fingerprint density at radius 2 is 1.49 bits per heavy atom. The predicted molar refractivity (Wildman–Crippen MR) is 157 cm³/mol. The van der Waals surface area contributed by atoms with Crippen molar-refractivity contribution in [3.63, 3.8) is 0 Å². The third-order valence-corrected chi connectivity index (χ3v) is 7.62. The van der Waals surface area contributed by atoms with Crippen LogP contribution in [0.2, 0.25) is 10.0 Å². The monoisotopic (exact) mass is 589 g/mol. The number of halogens is 2. The molecule has 7 nitrogen and oxygen atoms in total. The van der Waals surface area contributed by atoms with E-state index in [1.165, 1.54) is 17.0 Å². The molecule has 3 rings (SSSR count). The molecule has 1 atom stereocenters. The van der Waals surface area contributed by atoms with Gasteiger partial charge in [0.15, 0.2) is 0 Å². The highest BCUT2D eigenvalue weighted by atomic mass is 35.5. The lowest BCUT2D eigenvalue weighted by molar-refractivity contribution is -0.140. The molecule has 39 heavy (non-hydrogen) atoms. The maximum absolute atomic E-state index is 14.0. The van der Waals surface area contributed by atoms with E-state index in [9.17, 15) is 18.0 Å². The summed E-state index contributed by atoms with van der Waals surface area (Å²) in [4.78, 5) is 29.1. The van der Waals surface area contributed by atoms with Gasteiger partial charge in [-0.05, 0) is 62.2 Å². The second-order valence-corrected chi connectivity index (χ2v) is 13.1. The Morgan fingerprint density at radius 1 is 0.897 bits per heavy atom. The Kier molecular flexibility index (Phi) is 10.0. The van der Waals surface area contributed by atoms with Gasteiger partial charge in [0.1, 0.15) is 12.6 Å². The lowest BCUT2D eigenvalue weighted by atomic mass is 10.0. The Balaban J connectivity index is 2.08. The molecule has 0 spiro atoms. The number of rotatable bonds is 10. The summed E-state index contributed by atoms with van der Waals surface area (Å²) in [5.41, 5.74) is 1.20. The second kappa shape index (κ2) is 12.9. The van der Waals surface area contributed by atoms with Gasteiger partial charge in [0.2, 0.25) is 21.8 Å². The third kappa shape index (κ3) is 8.98. The Morgan fingerprint density at radius 3 is 2.05 bits per heavy atom. The molecule has 208 valence electrons. The summed E-state index contributed by atoms with van der Waals surface area (Å²) >= 11 is 12.5. The van der Waals surface area contributed by atoms with Gasteiger partial charge >= 0.3 is 0 Å². The van der Waals surface area contributed by atoms with Gasteiger partial charge in [0, 0.05) is 28.5 Å². The highest BCUT2D eigenvalue weighted by molar-refractivity contribution is 7.92. The number of carbonyl (C=O) groups is 2. The SMILES string of the molecule is CC(C)(C)NC(=O)C(Cc1ccccc1)N(Cc1ccccc1Cl)C(=O)CN(c1ccc(Cl)cc1)S(C)(=O)=O. The van der Waals surface area contributed by atoms with Crippen LogP contribution < -0.4 is 9.62 Å². The minimum absolute atomic E-state index is 0.00574. The van der Waals surface area contributed by atoms with Crippen LogP contribution in [-0.2, 0) is 32.6 Å². The minimum Gasteiger partial charge on any atom is -0.350 e. The molecule has 0 aliphatic heterocycles. The van der Waals surface area contributed by atoms with E-state index in [-0.39, 0.29) is 24.6 Å². The Hall–Kier alpha value is -3.07. The molecule has 0 saturated heterocycles. The van der Waals surface area contributed by atoms with Gasteiger partial charge in [-0.3, -0.25) is 13.9 Å². The Bertz CT molecular complexity index is 1390. The summed E-state index contributed by atoms with van der Waals surface area (Å²) in [6.45, 7) is 5.06. The first-order valence-corrected chi connectivity index (χ1v) is 15.0. The summed E-state index contributed by atoms with van der Waals surface area (Å²) in [7, 11) is -3.86. The van der Waals surface area contributed by atoms with E-state index < -0.39 is 34.1 Å². The summed E-state index contributed by atoms with van der Waals surface area (Å²) in [5, 5.41) is 3.85. The topological polar surface area (TPSA) is 86.8 Å². The summed E-state index contributed by atoms with van der Waals surface area (Å²) in [6, 6.07) is 21.6. The van der Waals surface area contributed by atoms with Crippen LogP contribution >= 0.6 is 23.2 Å². The van der Waals surface area contributed by atoms with Crippen LogP contribution in [0.1, 0.15) is 31.9 Å². The van der Waals surface area contributed by atoms with Crippen molar-refractivity contribution in [1.82, 2.24) is 10.2 Å². The number of carbonyl (C=O) groups excluding carboxylic acids is 2. The maximum Gasteiger partial charge on any atom is 0.244 e. The summed E-state index contributed by atoms with van der Waals surface area (Å²) < 4.78 is 26.6. The van der Waals surface area contributed by atoms with Gasteiger partial charge in [0.05, 0.1) is 11.9 Å². The zero-order valence-corrected chi connectivity index (χ0v) is 24.7. The van der Waals surface area contributed by atoms with Gasteiger partial charge in [-0.2, -0.15) is 0 Å². The number of hydrogen-bond acceptors (Lipinski definition) is 4. The van der Waals surface area contributed by atoms with Crippen molar-refractivity contribution in [3.05, 3.63) is 100 Å². The molecule has 0 bridgehead atoms. The molecule has 0 heterocycles. The lowest BCUT2D eigenvalue weighted by Gasteiger charge is -2.35. The van der Waals surface area contributed by atoms with Crippen LogP contribution in [0.3, 0.4) is 0 Å². The predicted octanol–water partition coefficient (Wildman–Crippen LogP) is 5.31. The largest absolute Gasteiger partial charge is 0.350 e. The van der Waals surface area contributed by atoms with E-state index in [1.54, 1.807) is 36.4 Å². The van der Waals surface area contributed by atoms with Crippen LogP contribution in [0, 0.1) is 0 Å².